The minimum absolute atomic E-state index is 0.117. The van der Waals surface area contributed by atoms with E-state index in [1.807, 2.05) is 12.1 Å². The Hall–Kier alpha value is -2.14. The third-order valence-electron chi connectivity index (χ3n) is 4.56. The van der Waals surface area contributed by atoms with Crippen LogP contribution in [0.25, 0.3) is 10.9 Å². The lowest BCUT2D eigenvalue weighted by Gasteiger charge is -2.23. The molecule has 1 aliphatic rings. The van der Waals surface area contributed by atoms with Gasteiger partial charge in [0.15, 0.2) is 0 Å². The molecule has 6 heteroatoms. The predicted molar refractivity (Wildman–Crippen MR) is 98.9 cm³/mol. The minimum atomic E-state index is -0.690. The molecular weight excluding hydrogens is 338 g/mol. The molecule has 0 aliphatic heterocycles. The van der Waals surface area contributed by atoms with Gasteiger partial charge in [-0.1, -0.05) is 11.6 Å². The number of hydrogen-bond acceptors (Lipinski definition) is 3. The maximum Gasteiger partial charge on any atom is 0.252 e. The van der Waals surface area contributed by atoms with Crippen LogP contribution < -0.4 is 10.6 Å². The second-order valence-electron chi connectivity index (χ2n) is 7.18. The molecule has 1 aromatic carbocycles. The Morgan fingerprint density at radius 3 is 2.64 bits per heavy atom. The quantitative estimate of drug-likeness (QED) is 0.860. The Labute approximate surface area is 152 Å². The molecule has 1 fully saturated rings. The molecule has 2 amide bonds. The number of carbonyl (C=O) groups excluding carboxylic acids is 2. The zero-order valence-corrected chi connectivity index (χ0v) is 15.4. The van der Waals surface area contributed by atoms with Crippen LogP contribution in [0, 0.1) is 5.41 Å². The highest BCUT2D eigenvalue weighted by Crippen LogP contribution is 2.40. The maximum atomic E-state index is 12.8. The second-order valence-corrected chi connectivity index (χ2v) is 7.61. The van der Waals surface area contributed by atoms with E-state index in [0.717, 1.165) is 29.4 Å². The lowest BCUT2D eigenvalue weighted by molar-refractivity contribution is -0.128. The molecule has 1 heterocycles. The predicted octanol–water partition coefficient (Wildman–Crippen LogP) is 3.27. The van der Waals surface area contributed by atoms with Crippen molar-refractivity contribution in [3.8, 4) is 0 Å². The van der Waals surface area contributed by atoms with Gasteiger partial charge in [0.25, 0.3) is 5.91 Å². The van der Waals surface area contributed by atoms with E-state index in [0.29, 0.717) is 16.5 Å². The number of aromatic nitrogens is 1. The Kier molecular flexibility index (Phi) is 4.69. The molecule has 3 rings (SSSR count). The van der Waals surface area contributed by atoms with E-state index >= 15 is 0 Å². The van der Waals surface area contributed by atoms with Gasteiger partial charge in [0, 0.05) is 35.6 Å². The van der Waals surface area contributed by atoms with E-state index in [-0.39, 0.29) is 18.4 Å². The zero-order valence-electron chi connectivity index (χ0n) is 14.6. The summed E-state index contributed by atoms with van der Waals surface area (Å²) in [6, 6.07) is 7.25. The average Bonchev–Trinajstić information content (AvgIpc) is 3.43. The first-order chi connectivity index (χ1) is 11.8. The van der Waals surface area contributed by atoms with Crippen molar-refractivity contribution in [2.45, 2.75) is 32.6 Å². The van der Waals surface area contributed by atoms with E-state index in [1.165, 1.54) is 0 Å². The molecule has 2 N–H and O–H groups in total. The van der Waals surface area contributed by atoms with Gasteiger partial charge in [-0.15, -0.1) is 0 Å². The second kappa shape index (κ2) is 6.64. The maximum absolute atomic E-state index is 12.8. The number of halogens is 1. The molecule has 0 spiro atoms. The Morgan fingerprint density at radius 1 is 1.28 bits per heavy atom. The third kappa shape index (κ3) is 3.76. The van der Waals surface area contributed by atoms with Gasteiger partial charge in [-0.3, -0.25) is 14.6 Å². The van der Waals surface area contributed by atoms with E-state index in [9.17, 15) is 9.59 Å². The summed E-state index contributed by atoms with van der Waals surface area (Å²) in [5.41, 5.74) is 1.58. The Balaban J connectivity index is 1.92. The number of rotatable bonds is 5. The van der Waals surface area contributed by atoms with Crippen LogP contribution in [0.2, 0.25) is 5.02 Å². The summed E-state index contributed by atoms with van der Waals surface area (Å²) in [5, 5.41) is 6.79. The molecule has 0 bridgehead atoms. The standard InChI is InChI=1S/C19H22ClN3O2/c1-19(2,18(25)21-3)10-22-17(24)14-9-16(11-4-5-11)23-15-7-6-12(20)8-13(14)15/h6-9,11H,4-5,10H2,1-3H3,(H,21,25)(H,22,24). The average molecular weight is 360 g/mol. The zero-order chi connectivity index (χ0) is 18.2. The molecule has 1 aromatic heterocycles. The molecular formula is C19H22ClN3O2. The summed E-state index contributed by atoms with van der Waals surface area (Å²) < 4.78 is 0. The lowest BCUT2D eigenvalue weighted by atomic mass is 9.92. The van der Waals surface area contributed by atoms with Crippen LogP contribution in [0.4, 0.5) is 0 Å². The molecule has 5 nitrogen and oxygen atoms in total. The fraction of sp³-hybridized carbons (Fsp3) is 0.421. The van der Waals surface area contributed by atoms with E-state index in [1.54, 1.807) is 33.0 Å². The fourth-order valence-electron chi connectivity index (χ4n) is 2.81. The molecule has 25 heavy (non-hydrogen) atoms. The van der Waals surface area contributed by atoms with Crippen LogP contribution in [-0.2, 0) is 4.79 Å². The monoisotopic (exact) mass is 359 g/mol. The van der Waals surface area contributed by atoms with Gasteiger partial charge >= 0.3 is 0 Å². The highest BCUT2D eigenvalue weighted by Gasteiger charge is 2.29. The molecule has 1 aliphatic carbocycles. The van der Waals surface area contributed by atoms with Gasteiger partial charge in [-0.25, -0.2) is 0 Å². The fourth-order valence-corrected chi connectivity index (χ4v) is 2.98. The highest BCUT2D eigenvalue weighted by atomic mass is 35.5. The summed E-state index contributed by atoms with van der Waals surface area (Å²) in [6.07, 6.45) is 2.22. The normalized spacial score (nSPS) is 14.4. The van der Waals surface area contributed by atoms with Crippen LogP contribution in [0.5, 0.6) is 0 Å². The van der Waals surface area contributed by atoms with Gasteiger partial charge in [-0.05, 0) is 51.0 Å². The number of nitrogens with zero attached hydrogens (tertiary/aromatic N) is 1. The van der Waals surface area contributed by atoms with Crippen molar-refractivity contribution in [3.63, 3.8) is 0 Å². The number of nitrogens with one attached hydrogen (secondary N) is 2. The number of fused-ring (bicyclic) bond motifs is 1. The SMILES string of the molecule is CNC(=O)C(C)(C)CNC(=O)c1cc(C2CC2)nc2ccc(Cl)cc12. The Morgan fingerprint density at radius 2 is 2.00 bits per heavy atom. The first-order valence-corrected chi connectivity index (χ1v) is 8.80. The molecule has 1 saturated carbocycles. The molecule has 132 valence electrons. The number of carbonyl (C=O) groups is 2. The summed E-state index contributed by atoms with van der Waals surface area (Å²) in [7, 11) is 1.59. The van der Waals surface area contributed by atoms with E-state index in [2.05, 4.69) is 15.6 Å². The number of benzene rings is 1. The van der Waals surface area contributed by atoms with Gasteiger partial charge in [0.1, 0.15) is 0 Å². The molecule has 0 atom stereocenters. The van der Waals surface area contributed by atoms with Crippen LogP contribution >= 0.6 is 11.6 Å². The first kappa shape index (κ1) is 17.7. The van der Waals surface area contributed by atoms with Crippen LogP contribution in [0.15, 0.2) is 24.3 Å². The van der Waals surface area contributed by atoms with E-state index < -0.39 is 5.41 Å². The van der Waals surface area contributed by atoms with E-state index in [4.69, 9.17) is 11.6 Å². The van der Waals surface area contributed by atoms with Crippen molar-refractivity contribution in [2.75, 3.05) is 13.6 Å². The summed E-state index contributed by atoms with van der Waals surface area (Å²) >= 11 is 6.11. The van der Waals surface area contributed by atoms with Crippen LogP contribution in [0.1, 0.15) is 48.7 Å². The molecule has 0 unspecified atom stereocenters. The number of hydrogen-bond donors (Lipinski definition) is 2. The van der Waals surface area contributed by atoms with Crippen molar-refractivity contribution < 1.29 is 9.59 Å². The van der Waals surface area contributed by atoms with Crippen molar-refractivity contribution in [3.05, 3.63) is 40.5 Å². The van der Waals surface area contributed by atoms with Crippen molar-refractivity contribution in [1.29, 1.82) is 0 Å². The molecule has 2 aromatic rings. The van der Waals surface area contributed by atoms with Gasteiger partial charge < -0.3 is 10.6 Å². The van der Waals surface area contributed by atoms with Gasteiger partial charge in [-0.2, -0.15) is 0 Å². The van der Waals surface area contributed by atoms with Crippen LogP contribution in [0.3, 0.4) is 0 Å². The van der Waals surface area contributed by atoms with Crippen molar-refractivity contribution in [2.24, 2.45) is 5.41 Å². The Bertz CT molecular complexity index is 844. The molecule has 0 saturated heterocycles. The van der Waals surface area contributed by atoms with Crippen molar-refractivity contribution >= 4 is 34.3 Å². The first-order valence-electron chi connectivity index (χ1n) is 8.42. The highest BCUT2D eigenvalue weighted by molar-refractivity contribution is 6.31. The number of pyridine rings is 1. The summed E-state index contributed by atoms with van der Waals surface area (Å²) in [6.45, 7) is 3.83. The van der Waals surface area contributed by atoms with Crippen molar-refractivity contribution in [1.82, 2.24) is 15.6 Å². The third-order valence-corrected chi connectivity index (χ3v) is 4.80. The number of amides is 2. The minimum Gasteiger partial charge on any atom is -0.359 e. The van der Waals surface area contributed by atoms with Gasteiger partial charge in [0.05, 0.1) is 16.5 Å². The molecule has 0 radical (unpaired) electrons. The van der Waals surface area contributed by atoms with Gasteiger partial charge in [0.2, 0.25) is 5.91 Å². The topological polar surface area (TPSA) is 71.1 Å². The summed E-state index contributed by atoms with van der Waals surface area (Å²) in [5.74, 6) is 0.108. The summed E-state index contributed by atoms with van der Waals surface area (Å²) in [4.78, 5) is 29.4. The van der Waals surface area contributed by atoms with Crippen LogP contribution in [-0.4, -0.2) is 30.4 Å². The largest absolute Gasteiger partial charge is 0.359 e. The smallest absolute Gasteiger partial charge is 0.252 e. The lowest BCUT2D eigenvalue weighted by Crippen LogP contribution is -2.43.